The molecule has 3 N–H and O–H groups in total. The van der Waals surface area contributed by atoms with Gasteiger partial charge in [-0.05, 0) is 36.2 Å². The second-order valence-electron chi connectivity index (χ2n) is 4.50. The van der Waals surface area contributed by atoms with E-state index < -0.39 is 6.10 Å². The van der Waals surface area contributed by atoms with Crippen LogP contribution < -0.4 is 10.6 Å². The highest BCUT2D eigenvalue weighted by molar-refractivity contribution is 7.10. The number of aromatic nitrogens is 1. The maximum absolute atomic E-state index is 12.2. The molecule has 0 fully saturated rings. The molecule has 7 heteroatoms. The normalized spacial score (nSPS) is 12.0. The molecule has 1 amide bonds. The van der Waals surface area contributed by atoms with Crippen LogP contribution in [0, 0.1) is 6.92 Å². The monoisotopic (exact) mass is 325 g/mol. The lowest BCUT2D eigenvalue weighted by Gasteiger charge is -2.13. The van der Waals surface area contributed by atoms with Gasteiger partial charge in [-0.15, -0.1) is 0 Å². The summed E-state index contributed by atoms with van der Waals surface area (Å²) in [5.41, 5.74) is 1.84. The van der Waals surface area contributed by atoms with Gasteiger partial charge >= 0.3 is 0 Å². The van der Waals surface area contributed by atoms with Gasteiger partial charge in [-0.25, -0.2) is 0 Å². The molecule has 0 saturated heterocycles. The number of hydrogen-bond donors (Lipinski definition) is 3. The van der Waals surface area contributed by atoms with Crippen molar-refractivity contribution in [1.29, 1.82) is 0 Å². The van der Waals surface area contributed by atoms with Gasteiger partial charge in [-0.2, -0.15) is 4.37 Å². The molecule has 1 aromatic heterocycles. The van der Waals surface area contributed by atoms with Gasteiger partial charge in [0.1, 0.15) is 5.00 Å². The van der Waals surface area contributed by atoms with Crippen molar-refractivity contribution in [2.45, 2.75) is 13.0 Å². The molecule has 5 nitrogen and oxygen atoms in total. The predicted octanol–water partition coefficient (Wildman–Crippen LogP) is 2.61. The van der Waals surface area contributed by atoms with Crippen LogP contribution in [-0.4, -0.2) is 29.0 Å². The van der Waals surface area contributed by atoms with Crippen molar-refractivity contribution in [1.82, 2.24) is 9.69 Å². The Balaban J connectivity index is 2.02. The lowest BCUT2D eigenvalue weighted by Crippen LogP contribution is -2.29. The second-order valence-corrected chi connectivity index (χ2v) is 5.71. The van der Waals surface area contributed by atoms with Crippen molar-refractivity contribution >= 4 is 34.0 Å². The highest BCUT2D eigenvalue weighted by atomic mass is 35.5. The highest BCUT2D eigenvalue weighted by Gasteiger charge is 2.18. The summed E-state index contributed by atoms with van der Waals surface area (Å²) in [6.07, 6.45) is -0.808. The molecule has 2 aromatic rings. The average Bonchev–Trinajstić information content (AvgIpc) is 2.85. The zero-order valence-corrected chi connectivity index (χ0v) is 13.3. The quantitative estimate of drug-likeness (QED) is 0.790. The van der Waals surface area contributed by atoms with Gasteiger partial charge in [0.2, 0.25) is 0 Å². The molecule has 1 heterocycles. The van der Waals surface area contributed by atoms with E-state index in [1.165, 1.54) is 11.5 Å². The van der Waals surface area contributed by atoms with Crippen molar-refractivity contribution in [3.05, 3.63) is 46.1 Å². The fourth-order valence-electron chi connectivity index (χ4n) is 1.92. The number of nitrogens with zero attached hydrogens (tertiary/aromatic N) is 1. The number of amides is 1. The minimum atomic E-state index is -0.808. The number of benzene rings is 1. The Morgan fingerprint density at radius 2 is 2.29 bits per heavy atom. The van der Waals surface area contributed by atoms with Crippen molar-refractivity contribution in [3.8, 4) is 0 Å². The smallest absolute Gasteiger partial charge is 0.256 e. The van der Waals surface area contributed by atoms with E-state index in [4.69, 9.17) is 11.6 Å². The first-order valence-electron chi connectivity index (χ1n) is 6.38. The Morgan fingerprint density at radius 1 is 1.52 bits per heavy atom. The number of carbonyl (C=O) groups is 1. The molecule has 0 radical (unpaired) electrons. The van der Waals surface area contributed by atoms with E-state index in [9.17, 15) is 9.90 Å². The lowest BCUT2D eigenvalue weighted by atomic mass is 10.1. The van der Waals surface area contributed by atoms with Crippen LogP contribution in [0.15, 0.2) is 24.3 Å². The van der Waals surface area contributed by atoms with Crippen molar-refractivity contribution < 1.29 is 9.90 Å². The number of carbonyl (C=O) groups excluding carboxylic acids is 1. The van der Waals surface area contributed by atoms with Crippen molar-refractivity contribution in [2.24, 2.45) is 0 Å². The van der Waals surface area contributed by atoms with Gasteiger partial charge in [-0.1, -0.05) is 23.7 Å². The summed E-state index contributed by atoms with van der Waals surface area (Å²) in [7, 11) is 1.74. The van der Waals surface area contributed by atoms with Crippen molar-refractivity contribution in [3.63, 3.8) is 0 Å². The zero-order chi connectivity index (χ0) is 15.4. The van der Waals surface area contributed by atoms with Gasteiger partial charge < -0.3 is 15.7 Å². The Kier molecular flexibility index (Phi) is 5.17. The highest BCUT2D eigenvalue weighted by Crippen LogP contribution is 2.24. The molecule has 0 bridgehead atoms. The Labute approximate surface area is 132 Å². The first-order chi connectivity index (χ1) is 10.0. The third-order valence-corrected chi connectivity index (χ3v) is 4.20. The number of aliphatic hydroxyl groups excluding tert-OH is 1. The number of nitrogens with one attached hydrogen (secondary N) is 2. The number of rotatable bonds is 5. The van der Waals surface area contributed by atoms with E-state index in [1.807, 2.05) is 0 Å². The zero-order valence-electron chi connectivity index (χ0n) is 11.7. The van der Waals surface area contributed by atoms with Gasteiger partial charge in [0, 0.05) is 18.6 Å². The first kappa shape index (κ1) is 15.8. The van der Waals surface area contributed by atoms with Crippen LogP contribution in [0.1, 0.15) is 27.7 Å². The van der Waals surface area contributed by atoms with E-state index in [-0.39, 0.29) is 12.5 Å². The molecular weight excluding hydrogens is 310 g/mol. The molecule has 21 heavy (non-hydrogen) atoms. The SMILES string of the molecule is CNc1snc(C)c1C(=O)NC[C@H](O)c1cccc(Cl)c1. The summed E-state index contributed by atoms with van der Waals surface area (Å²) < 4.78 is 4.14. The minimum absolute atomic E-state index is 0.109. The molecule has 0 unspecified atom stereocenters. The largest absolute Gasteiger partial charge is 0.387 e. The molecule has 112 valence electrons. The number of aliphatic hydroxyl groups is 1. The molecule has 0 aliphatic carbocycles. The predicted molar refractivity (Wildman–Crippen MR) is 85.1 cm³/mol. The van der Waals surface area contributed by atoms with Crippen LogP contribution in [0.5, 0.6) is 0 Å². The van der Waals surface area contributed by atoms with Crippen molar-refractivity contribution in [2.75, 3.05) is 18.9 Å². The molecular formula is C14H16ClN3O2S. The summed E-state index contributed by atoms with van der Waals surface area (Å²) in [6.45, 7) is 1.89. The van der Waals surface area contributed by atoms with Gasteiger partial charge in [0.05, 0.1) is 17.4 Å². The molecule has 2 rings (SSSR count). The summed E-state index contributed by atoms with van der Waals surface area (Å²) in [5.74, 6) is -0.258. The number of aryl methyl sites for hydroxylation is 1. The topological polar surface area (TPSA) is 74.2 Å². The molecule has 1 aromatic carbocycles. The Morgan fingerprint density at radius 3 is 2.95 bits per heavy atom. The van der Waals surface area contributed by atoms with E-state index in [1.54, 1.807) is 38.2 Å². The van der Waals surface area contributed by atoms with E-state index >= 15 is 0 Å². The van der Waals surface area contributed by atoms with Crippen LogP contribution in [-0.2, 0) is 0 Å². The lowest BCUT2D eigenvalue weighted by molar-refractivity contribution is 0.0916. The van der Waals surface area contributed by atoms with Gasteiger partial charge in [0.25, 0.3) is 5.91 Å². The molecule has 0 saturated carbocycles. The molecule has 0 aliphatic heterocycles. The molecule has 0 spiro atoms. The Bertz CT molecular complexity index is 645. The molecule has 0 aliphatic rings. The van der Waals surface area contributed by atoms with Crippen LogP contribution in [0.4, 0.5) is 5.00 Å². The van der Waals surface area contributed by atoms with Crippen LogP contribution in [0.3, 0.4) is 0 Å². The van der Waals surface area contributed by atoms with E-state index in [0.29, 0.717) is 26.8 Å². The maximum Gasteiger partial charge on any atom is 0.256 e. The maximum atomic E-state index is 12.2. The van der Waals surface area contributed by atoms with Crippen LogP contribution in [0.25, 0.3) is 0 Å². The summed E-state index contributed by atoms with van der Waals surface area (Å²) in [5, 5.41) is 17.0. The van der Waals surface area contributed by atoms with Crippen LogP contribution >= 0.6 is 23.1 Å². The van der Waals surface area contributed by atoms with E-state index in [0.717, 1.165) is 0 Å². The standard InChI is InChI=1S/C14H16ClN3O2S/c1-8-12(14(16-2)21-18-8)13(20)17-7-11(19)9-4-3-5-10(15)6-9/h3-6,11,16,19H,7H2,1-2H3,(H,17,20)/t11-/m0/s1. The third-order valence-electron chi connectivity index (χ3n) is 3.01. The minimum Gasteiger partial charge on any atom is -0.387 e. The average molecular weight is 326 g/mol. The van der Waals surface area contributed by atoms with Gasteiger partial charge in [-0.3, -0.25) is 4.79 Å². The summed E-state index contributed by atoms with van der Waals surface area (Å²) >= 11 is 7.11. The van der Waals surface area contributed by atoms with E-state index in [2.05, 4.69) is 15.0 Å². The van der Waals surface area contributed by atoms with Crippen LogP contribution in [0.2, 0.25) is 5.02 Å². The second kappa shape index (κ2) is 6.89. The fourth-order valence-corrected chi connectivity index (χ4v) is 2.86. The van der Waals surface area contributed by atoms with Gasteiger partial charge in [0.15, 0.2) is 0 Å². The first-order valence-corrected chi connectivity index (χ1v) is 7.53. The number of hydrogen-bond acceptors (Lipinski definition) is 5. The fraction of sp³-hybridized carbons (Fsp3) is 0.286. The summed E-state index contributed by atoms with van der Waals surface area (Å²) in [6, 6.07) is 6.93. The third kappa shape index (κ3) is 3.72. The number of anilines is 1. The summed E-state index contributed by atoms with van der Waals surface area (Å²) in [4.78, 5) is 12.2. The number of halogens is 1. The molecule has 1 atom stereocenters. The Hall–Kier alpha value is -1.63.